The Bertz CT molecular complexity index is 847. The van der Waals surface area contributed by atoms with Crippen LogP contribution in [0.15, 0.2) is 54.1 Å². The molecule has 0 heterocycles. The third-order valence-electron chi connectivity index (χ3n) is 3.56. The minimum Gasteiger partial charge on any atom is -0.489 e. The smallest absolute Gasteiger partial charge is 0.337 e. The van der Waals surface area contributed by atoms with Gasteiger partial charge in [-0.25, -0.2) is 4.79 Å². The molecular formula is C20H18N2O4. The summed E-state index contributed by atoms with van der Waals surface area (Å²) >= 11 is 0. The number of esters is 1. The fourth-order valence-corrected chi connectivity index (χ4v) is 2.13. The summed E-state index contributed by atoms with van der Waals surface area (Å²) < 4.78 is 10.3. The Kier molecular flexibility index (Phi) is 6.52. The summed E-state index contributed by atoms with van der Waals surface area (Å²) in [5.74, 6) is -0.157. The van der Waals surface area contributed by atoms with E-state index in [9.17, 15) is 9.59 Å². The van der Waals surface area contributed by atoms with Crippen molar-refractivity contribution in [1.82, 2.24) is 5.32 Å². The zero-order valence-corrected chi connectivity index (χ0v) is 14.5. The Morgan fingerprint density at radius 2 is 1.77 bits per heavy atom. The number of nitrogens with zero attached hydrogens (tertiary/aromatic N) is 1. The molecule has 0 aliphatic heterocycles. The van der Waals surface area contributed by atoms with Crippen LogP contribution in [0.1, 0.15) is 21.5 Å². The number of carbonyl (C=O) groups is 2. The summed E-state index contributed by atoms with van der Waals surface area (Å²) in [5.41, 5.74) is 2.15. The number of benzene rings is 2. The van der Waals surface area contributed by atoms with E-state index in [1.165, 1.54) is 20.2 Å². The van der Waals surface area contributed by atoms with Gasteiger partial charge in [-0.05, 0) is 41.5 Å². The number of carbonyl (C=O) groups excluding carboxylic acids is 2. The fourth-order valence-electron chi connectivity index (χ4n) is 2.13. The molecule has 2 rings (SSSR count). The van der Waals surface area contributed by atoms with Crippen LogP contribution < -0.4 is 10.1 Å². The highest BCUT2D eigenvalue weighted by Gasteiger charge is 2.06. The zero-order valence-electron chi connectivity index (χ0n) is 14.5. The predicted molar refractivity (Wildman–Crippen MR) is 96.2 cm³/mol. The van der Waals surface area contributed by atoms with Crippen LogP contribution in [-0.4, -0.2) is 26.0 Å². The number of rotatable bonds is 6. The van der Waals surface area contributed by atoms with E-state index >= 15 is 0 Å². The van der Waals surface area contributed by atoms with Crippen molar-refractivity contribution in [1.29, 1.82) is 5.26 Å². The minimum absolute atomic E-state index is 0.0341. The van der Waals surface area contributed by atoms with Gasteiger partial charge in [-0.2, -0.15) is 5.26 Å². The molecule has 0 fully saturated rings. The van der Waals surface area contributed by atoms with Crippen LogP contribution in [0.2, 0.25) is 0 Å². The molecule has 2 aromatic rings. The lowest BCUT2D eigenvalue weighted by Crippen LogP contribution is -2.19. The monoisotopic (exact) mass is 350 g/mol. The van der Waals surface area contributed by atoms with Gasteiger partial charge in [0.2, 0.25) is 0 Å². The van der Waals surface area contributed by atoms with Gasteiger partial charge in [0.05, 0.1) is 12.7 Å². The summed E-state index contributed by atoms with van der Waals surface area (Å²) in [6.45, 7) is 0.346. The summed E-state index contributed by atoms with van der Waals surface area (Å²) in [4.78, 5) is 22.9. The van der Waals surface area contributed by atoms with Crippen LogP contribution in [0, 0.1) is 11.3 Å². The molecule has 6 nitrogen and oxygen atoms in total. The molecule has 2 aromatic carbocycles. The quantitative estimate of drug-likeness (QED) is 0.492. The average molecular weight is 350 g/mol. The van der Waals surface area contributed by atoms with Gasteiger partial charge in [-0.1, -0.05) is 24.3 Å². The molecular weight excluding hydrogens is 332 g/mol. The number of likely N-dealkylation sites (N-methyl/N-ethyl adjacent to an activating group) is 1. The second-order valence-corrected chi connectivity index (χ2v) is 5.30. The molecule has 0 aromatic heterocycles. The van der Waals surface area contributed by atoms with Crippen LogP contribution in [0.5, 0.6) is 5.75 Å². The van der Waals surface area contributed by atoms with Crippen molar-refractivity contribution in [3.05, 3.63) is 70.8 Å². The molecule has 0 atom stereocenters. The molecule has 1 amide bonds. The van der Waals surface area contributed by atoms with Gasteiger partial charge >= 0.3 is 5.97 Å². The van der Waals surface area contributed by atoms with Gasteiger partial charge < -0.3 is 14.8 Å². The minimum atomic E-state index is -0.428. The molecule has 0 bridgehead atoms. The van der Waals surface area contributed by atoms with E-state index in [0.717, 1.165) is 11.1 Å². The standard InChI is InChI=1S/C20H18N2O4/c1-22-19(23)17(12-21)11-14-5-9-18(10-6-14)26-13-15-3-7-16(8-4-15)20(24)25-2/h3-11H,13H2,1-2H3,(H,22,23)/b17-11+. The summed E-state index contributed by atoms with van der Waals surface area (Å²) in [5, 5.41) is 11.4. The average Bonchev–Trinajstić information content (AvgIpc) is 2.70. The SMILES string of the molecule is CNC(=O)/C(C#N)=C/c1ccc(OCc2ccc(C(=O)OC)cc2)cc1. The maximum absolute atomic E-state index is 11.5. The molecule has 0 unspecified atom stereocenters. The molecule has 0 saturated heterocycles. The highest BCUT2D eigenvalue weighted by molar-refractivity contribution is 6.01. The molecule has 0 spiro atoms. The van der Waals surface area contributed by atoms with Crippen molar-refractivity contribution in [2.24, 2.45) is 0 Å². The highest BCUT2D eigenvalue weighted by Crippen LogP contribution is 2.16. The Morgan fingerprint density at radius 1 is 1.12 bits per heavy atom. The number of nitriles is 1. The predicted octanol–water partition coefficient (Wildman–Crippen LogP) is 2.71. The molecule has 1 N–H and O–H groups in total. The first-order chi connectivity index (χ1) is 12.6. The summed E-state index contributed by atoms with van der Waals surface area (Å²) in [6, 6.07) is 15.9. The highest BCUT2D eigenvalue weighted by atomic mass is 16.5. The molecule has 0 saturated carbocycles. The van der Waals surface area contributed by atoms with Gasteiger partial charge in [0.25, 0.3) is 5.91 Å². The first-order valence-corrected chi connectivity index (χ1v) is 7.81. The van der Waals surface area contributed by atoms with E-state index in [1.807, 2.05) is 6.07 Å². The molecule has 0 radical (unpaired) electrons. The van der Waals surface area contributed by atoms with Crippen LogP contribution >= 0.6 is 0 Å². The number of methoxy groups -OCH3 is 1. The van der Waals surface area contributed by atoms with E-state index in [4.69, 9.17) is 10.00 Å². The topological polar surface area (TPSA) is 88.4 Å². The van der Waals surface area contributed by atoms with Crippen LogP contribution in [0.3, 0.4) is 0 Å². The Hall–Kier alpha value is -3.59. The number of nitrogens with one attached hydrogen (secondary N) is 1. The lowest BCUT2D eigenvalue weighted by atomic mass is 10.1. The molecule has 132 valence electrons. The zero-order chi connectivity index (χ0) is 18.9. The van der Waals surface area contributed by atoms with E-state index in [0.29, 0.717) is 17.9 Å². The second-order valence-electron chi connectivity index (χ2n) is 5.30. The largest absolute Gasteiger partial charge is 0.489 e. The third-order valence-corrected chi connectivity index (χ3v) is 3.56. The van der Waals surface area contributed by atoms with Crippen LogP contribution in [0.4, 0.5) is 0 Å². The van der Waals surface area contributed by atoms with Crippen LogP contribution in [0.25, 0.3) is 6.08 Å². The van der Waals surface area contributed by atoms with Gasteiger partial charge in [0.15, 0.2) is 0 Å². The van der Waals surface area contributed by atoms with Crippen molar-refractivity contribution in [3.63, 3.8) is 0 Å². The van der Waals surface area contributed by atoms with Gasteiger partial charge in [0.1, 0.15) is 24.0 Å². The maximum Gasteiger partial charge on any atom is 0.337 e. The first kappa shape index (κ1) is 18.7. The molecule has 26 heavy (non-hydrogen) atoms. The van der Waals surface area contributed by atoms with Gasteiger partial charge in [-0.15, -0.1) is 0 Å². The Labute approximate surface area is 151 Å². The van der Waals surface area contributed by atoms with Gasteiger partial charge in [0, 0.05) is 7.05 Å². The molecule has 0 aliphatic rings. The second kappa shape index (κ2) is 9.04. The summed E-state index contributed by atoms with van der Waals surface area (Å²) in [6.07, 6.45) is 1.51. The fraction of sp³-hybridized carbons (Fsp3) is 0.150. The van der Waals surface area contributed by atoms with Crippen molar-refractivity contribution >= 4 is 18.0 Å². The van der Waals surface area contributed by atoms with E-state index in [2.05, 4.69) is 10.1 Å². The van der Waals surface area contributed by atoms with E-state index in [1.54, 1.807) is 48.5 Å². The van der Waals surface area contributed by atoms with E-state index < -0.39 is 5.91 Å². The van der Waals surface area contributed by atoms with Crippen LogP contribution in [-0.2, 0) is 16.1 Å². The summed E-state index contributed by atoms with van der Waals surface area (Å²) in [7, 11) is 2.81. The number of hydrogen-bond donors (Lipinski definition) is 1. The third kappa shape index (κ3) is 4.95. The lowest BCUT2D eigenvalue weighted by Gasteiger charge is -2.07. The Morgan fingerprint density at radius 3 is 2.31 bits per heavy atom. The van der Waals surface area contributed by atoms with Gasteiger partial charge in [-0.3, -0.25) is 4.79 Å². The lowest BCUT2D eigenvalue weighted by molar-refractivity contribution is -0.116. The van der Waals surface area contributed by atoms with Crippen molar-refractivity contribution in [2.75, 3.05) is 14.2 Å². The Balaban J connectivity index is 1.99. The van der Waals surface area contributed by atoms with E-state index in [-0.39, 0.29) is 11.5 Å². The maximum atomic E-state index is 11.5. The van der Waals surface area contributed by atoms with Crippen molar-refractivity contribution in [2.45, 2.75) is 6.61 Å². The first-order valence-electron chi connectivity index (χ1n) is 7.81. The number of amides is 1. The normalized spacial score (nSPS) is 10.6. The van der Waals surface area contributed by atoms with Crippen molar-refractivity contribution in [3.8, 4) is 11.8 Å². The number of hydrogen-bond acceptors (Lipinski definition) is 5. The molecule has 0 aliphatic carbocycles. The molecule has 6 heteroatoms. The van der Waals surface area contributed by atoms with Crippen molar-refractivity contribution < 1.29 is 19.1 Å². The number of ether oxygens (including phenoxy) is 2.